The Morgan fingerprint density at radius 3 is 3.06 bits per heavy atom. The van der Waals surface area contributed by atoms with Gasteiger partial charge in [0.25, 0.3) is 0 Å². The van der Waals surface area contributed by atoms with Crippen molar-refractivity contribution in [3.63, 3.8) is 0 Å². The summed E-state index contributed by atoms with van der Waals surface area (Å²) in [6, 6.07) is 7.18. The van der Waals surface area contributed by atoms with Gasteiger partial charge in [0.1, 0.15) is 6.07 Å². The molecule has 1 atom stereocenters. The Hall–Kier alpha value is -1.77. The van der Waals surface area contributed by atoms with E-state index in [9.17, 15) is 4.79 Å². The smallest absolute Gasteiger partial charge is 0.334 e. The van der Waals surface area contributed by atoms with Gasteiger partial charge in [-0.1, -0.05) is 17.7 Å². The highest BCUT2D eigenvalue weighted by molar-refractivity contribution is 6.32. The lowest BCUT2D eigenvalue weighted by atomic mass is 10.1. The van der Waals surface area contributed by atoms with Gasteiger partial charge >= 0.3 is 5.97 Å². The molecule has 0 saturated carbocycles. The summed E-state index contributed by atoms with van der Waals surface area (Å²) in [7, 11) is 0. The van der Waals surface area contributed by atoms with Crippen LogP contribution in [0.3, 0.4) is 0 Å². The molecule has 0 bridgehead atoms. The minimum atomic E-state index is -1.000. The average molecular weight is 267 g/mol. The zero-order valence-electron chi connectivity index (χ0n) is 9.47. The van der Waals surface area contributed by atoms with Crippen LogP contribution in [0.1, 0.15) is 5.56 Å². The second kappa shape index (κ2) is 5.25. The molecule has 1 aromatic carbocycles. The van der Waals surface area contributed by atoms with Gasteiger partial charge in [-0.25, -0.2) is 4.79 Å². The minimum absolute atomic E-state index is 0.213. The average Bonchev–Trinajstić information content (AvgIpc) is 2.38. The van der Waals surface area contributed by atoms with Crippen LogP contribution in [0.2, 0.25) is 5.02 Å². The van der Waals surface area contributed by atoms with E-state index < -0.39 is 12.1 Å². The number of nitriles is 1. The lowest BCUT2D eigenvalue weighted by Gasteiger charge is -2.33. The zero-order chi connectivity index (χ0) is 13.1. The number of ether oxygens (including phenoxy) is 1. The van der Waals surface area contributed by atoms with Gasteiger partial charge in [0, 0.05) is 6.54 Å². The van der Waals surface area contributed by atoms with Crippen LogP contribution >= 0.6 is 11.6 Å². The van der Waals surface area contributed by atoms with Crippen molar-refractivity contribution in [3.8, 4) is 6.07 Å². The van der Waals surface area contributed by atoms with Crippen molar-refractivity contribution >= 4 is 23.3 Å². The highest BCUT2D eigenvalue weighted by atomic mass is 35.5. The van der Waals surface area contributed by atoms with Crippen molar-refractivity contribution in [2.24, 2.45) is 0 Å². The molecule has 0 amide bonds. The maximum absolute atomic E-state index is 10.9. The fraction of sp³-hybridized carbons (Fsp3) is 0.333. The number of carboxylic acids is 1. The Morgan fingerprint density at radius 1 is 1.61 bits per heavy atom. The molecule has 5 nitrogen and oxygen atoms in total. The van der Waals surface area contributed by atoms with Crippen LogP contribution in [-0.2, 0) is 9.53 Å². The third kappa shape index (κ3) is 2.40. The van der Waals surface area contributed by atoms with Gasteiger partial charge in [0.2, 0.25) is 0 Å². The van der Waals surface area contributed by atoms with Crippen LogP contribution in [0.25, 0.3) is 0 Å². The first-order valence-corrected chi connectivity index (χ1v) is 5.79. The third-order valence-electron chi connectivity index (χ3n) is 2.79. The molecular weight excluding hydrogens is 256 g/mol. The molecule has 1 fully saturated rings. The molecule has 1 aliphatic heterocycles. The molecule has 0 aliphatic carbocycles. The summed E-state index contributed by atoms with van der Waals surface area (Å²) < 4.78 is 5.14. The Labute approximate surface area is 109 Å². The molecular formula is C12H11ClN2O3. The number of anilines is 1. The first-order valence-electron chi connectivity index (χ1n) is 5.41. The summed E-state index contributed by atoms with van der Waals surface area (Å²) >= 11 is 5.95. The molecule has 1 unspecified atom stereocenters. The number of nitrogens with zero attached hydrogens (tertiary/aromatic N) is 2. The van der Waals surface area contributed by atoms with Gasteiger partial charge in [-0.15, -0.1) is 0 Å². The van der Waals surface area contributed by atoms with Crippen LogP contribution in [0.15, 0.2) is 18.2 Å². The minimum Gasteiger partial charge on any atom is -0.479 e. The summed E-state index contributed by atoms with van der Waals surface area (Å²) in [6.45, 7) is 1.07. The Balaban J connectivity index is 2.29. The summed E-state index contributed by atoms with van der Waals surface area (Å²) in [5.41, 5.74) is 1.02. The molecule has 1 aromatic rings. The SMILES string of the molecule is N#Cc1c(Cl)cccc1N1CCOC(C(=O)O)C1. The molecule has 0 radical (unpaired) electrons. The Morgan fingerprint density at radius 2 is 2.39 bits per heavy atom. The highest BCUT2D eigenvalue weighted by Crippen LogP contribution is 2.28. The van der Waals surface area contributed by atoms with E-state index in [1.54, 1.807) is 18.2 Å². The molecule has 1 N–H and O–H groups in total. The topological polar surface area (TPSA) is 73.6 Å². The summed E-state index contributed by atoms with van der Waals surface area (Å²) in [5.74, 6) is -1.000. The Kier molecular flexibility index (Phi) is 3.70. The number of morpholine rings is 1. The first-order chi connectivity index (χ1) is 8.63. The largest absolute Gasteiger partial charge is 0.479 e. The van der Waals surface area contributed by atoms with Crippen LogP contribution in [-0.4, -0.2) is 36.9 Å². The molecule has 1 saturated heterocycles. The number of hydrogen-bond acceptors (Lipinski definition) is 4. The zero-order valence-corrected chi connectivity index (χ0v) is 10.2. The van der Waals surface area contributed by atoms with Crippen LogP contribution in [0, 0.1) is 11.3 Å². The molecule has 18 heavy (non-hydrogen) atoms. The van der Waals surface area contributed by atoms with Crippen molar-refractivity contribution in [2.45, 2.75) is 6.10 Å². The van der Waals surface area contributed by atoms with Crippen molar-refractivity contribution in [3.05, 3.63) is 28.8 Å². The van der Waals surface area contributed by atoms with Crippen molar-refractivity contribution in [2.75, 3.05) is 24.6 Å². The second-order valence-corrected chi connectivity index (χ2v) is 4.30. The predicted molar refractivity (Wildman–Crippen MR) is 65.8 cm³/mol. The number of hydrogen-bond donors (Lipinski definition) is 1. The second-order valence-electron chi connectivity index (χ2n) is 3.89. The van der Waals surface area contributed by atoms with E-state index in [-0.39, 0.29) is 6.54 Å². The highest BCUT2D eigenvalue weighted by Gasteiger charge is 2.27. The first kappa shape index (κ1) is 12.7. The van der Waals surface area contributed by atoms with Crippen LogP contribution in [0.4, 0.5) is 5.69 Å². The van der Waals surface area contributed by atoms with E-state index in [0.717, 1.165) is 0 Å². The number of rotatable bonds is 2. The van der Waals surface area contributed by atoms with Crippen molar-refractivity contribution < 1.29 is 14.6 Å². The lowest BCUT2D eigenvalue weighted by molar-refractivity contribution is -0.150. The molecule has 6 heteroatoms. The van der Waals surface area contributed by atoms with E-state index >= 15 is 0 Å². The van der Waals surface area contributed by atoms with E-state index in [0.29, 0.717) is 29.4 Å². The fourth-order valence-corrected chi connectivity index (χ4v) is 2.12. The quantitative estimate of drug-likeness (QED) is 0.878. The van der Waals surface area contributed by atoms with Gasteiger partial charge in [0.15, 0.2) is 6.10 Å². The monoisotopic (exact) mass is 266 g/mol. The predicted octanol–water partition coefficient (Wildman–Crippen LogP) is 1.50. The van der Waals surface area contributed by atoms with Crippen LogP contribution in [0.5, 0.6) is 0 Å². The number of halogens is 1. The molecule has 94 valence electrons. The number of carbonyl (C=O) groups is 1. The van der Waals surface area contributed by atoms with Gasteiger partial charge in [-0.3, -0.25) is 0 Å². The molecule has 1 aliphatic rings. The van der Waals surface area contributed by atoms with Crippen molar-refractivity contribution in [1.29, 1.82) is 5.26 Å². The maximum Gasteiger partial charge on any atom is 0.334 e. The number of aliphatic carboxylic acids is 1. The van der Waals surface area contributed by atoms with E-state index in [4.69, 9.17) is 26.7 Å². The van der Waals surface area contributed by atoms with E-state index in [1.807, 2.05) is 11.0 Å². The van der Waals surface area contributed by atoms with Gasteiger partial charge in [-0.05, 0) is 12.1 Å². The number of carboxylic acid groups (broad SMARTS) is 1. The lowest BCUT2D eigenvalue weighted by Crippen LogP contribution is -2.46. The molecule has 0 aromatic heterocycles. The van der Waals surface area contributed by atoms with Gasteiger partial charge < -0.3 is 14.7 Å². The molecule has 0 spiro atoms. The fourth-order valence-electron chi connectivity index (χ4n) is 1.90. The van der Waals surface area contributed by atoms with Crippen molar-refractivity contribution in [1.82, 2.24) is 0 Å². The van der Waals surface area contributed by atoms with E-state index in [2.05, 4.69) is 0 Å². The van der Waals surface area contributed by atoms with Gasteiger partial charge in [0.05, 0.1) is 29.4 Å². The summed E-state index contributed by atoms with van der Waals surface area (Å²) in [4.78, 5) is 12.7. The molecule has 2 rings (SSSR count). The molecule has 1 heterocycles. The van der Waals surface area contributed by atoms with Gasteiger partial charge in [-0.2, -0.15) is 5.26 Å². The Bertz CT molecular complexity index is 513. The van der Waals surface area contributed by atoms with Crippen LogP contribution < -0.4 is 4.90 Å². The third-order valence-corrected chi connectivity index (χ3v) is 3.10. The summed E-state index contributed by atoms with van der Waals surface area (Å²) in [6.07, 6.45) is -0.871. The maximum atomic E-state index is 10.9. The standard InChI is InChI=1S/C12H11ClN2O3/c13-9-2-1-3-10(8(9)6-14)15-4-5-18-11(7-15)12(16)17/h1-3,11H,4-5,7H2,(H,16,17). The normalized spacial score (nSPS) is 19.3. The van der Waals surface area contributed by atoms with E-state index in [1.165, 1.54) is 0 Å². The number of benzene rings is 1. The summed E-state index contributed by atoms with van der Waals surface area (Å²) in [5, 5.41) is 18.4.